The lowest BCUT2D eigenvalue weighted by Gasteiger charge is -2.09. The molecule has 19 heavy (non-hydrogen) atoms. The van der Waals surface area contributed by atoms with Gasteiger partial charge in [0.25, 0.3) is 5.69 Å². The Kier molecular flexibility index (Phi) is 3.80. The van der Waals surface area contributed by atoms with Crippen molar-refractivity contribution in [3.63, 3.8) is 0 Å². The van der Waals surface area contributed by atoms with Crippen LogP contribution in [0.1, 0.15) is 16.7 Å². The topological polar surface area (TPSA) is 52.4 Å². The Morgan fingerprint density at radius 2 is 1.79 bits per heavy atom. The molecule has 0 bridgehead atoms. The predicted octanol–water partition coefficient (Wildman–Crippen LogP) is 3.79. The number of ether oxygens (including phenoxy) is 1. The predicted molar refractivity (Wildman–Crippen MR) is 73.3 cm³/mol. The summed E-state index contributed by atoms with van der Waals surface area (Å²) in [4.78, 5) is 10.1. The summed E-state index contributed by atoms with van der Waals surface area (Å²) in [5, 5.41) is 10.5. The van der Waals surface area contributed by atoms with Crippen molar-refractivity contribution in [2.24, 2.45) is 0 Å². The average Bonchev–Trinajstić information content (AvgIpc) is 2.40. The molecule has 0 unspecified atom stereocenters. The third-order valence-corrected chi connectivity index (χ3v) is 2.89. The number of non-ortho nitro benzene ring substituents is 1. The number of hydrogen-bond donors (Lipinski definition) is 0. The first-order chi connectivity index (χ1) is 9.06. The number of hydrogen-bond acceptors (Lipinski definition) is 3. The van der Waals surface area contributed by atoms with Crippen molar-refractivity contribution in [3.05, 3.63) is 69.3 Å². The Morgan fingerprint density at radius 3 is 2.42 bits per heavy atom. The molecule has 98 valence electrons. The van der Waals surface area contributed by atoms with E-state index in [1.54, 1.807) is 12.1 Å². The van der Waals surface area contributed by atoms with Crippen molar-refractivity contribution >= 4 is 5.69 Å². The Balaban J connectivity index is 2.06. The maximum Gasteiger partial charge on any atom is 0.269 e. The second kappa shape index (κ2) is 5.52. The maximum atomic E-state index is 10.5. The van der Waals surface area contributed by atoms with E-state index in [1.165, 1.54) is 12.1 Å². The summed E-state index contributed by atoms with van der Waals surface area (Å²) in [5.41, 5.74) is 3.22. The molecule has 0 fully saturated rings. The second-order valence-electron chi connectivity index (χ2n) is 4.48. The summed E-state index contributed by atoms with van der Waals surface area (Å²) in [5.74, 6) is 0.846. The van der Waals surface area contributed by atoms with Crippen LogP contribution >= 0.6 is 0 Å². The lowest BCUT2D eigenvalue weighted by Crippen LogP contribution is -1.97. The van der Waals surface area contributed by atoms with E-state index in [1.807, 2.05) is 32.0 Å². The zero-order valence-corrected chi connectivity index (χ0v) is 10.9. The molecule has 4 heteroatoms. The van der Waals surface area contributed by atoms with E-state index < -0.39 is 4.92 Å². The molecule has 4 nitrogen and oxygen atoms in total. The van der Waals surface area contributed by atoms with Crippen LogP contribution in [0, 0.1) is 24.0 Å². The lowest BCUT2D eigenvalue weighted by atomic mass is 10.1. The summed E-state index contributed by atoms with van der Waals surface area (Å²) in [7, 11) is 0. The van der Waals surface area contributed by atoms with E-state index in [9.17, 15) is 10.1 Å². The number of nitrogens with zero attached hydrogens (tertiary/aromatic N) is 1. The molecule has 0 amide bonds. The van der Waals surface area contributed by atoms with Gasteiger partial charge in [-0.1, -0.05) is 12.1 Å². The van der Waals surface area contributed by atoms with Crippen LogP contribution in [0.15, 0.2) is 42.5 Å². The van der Waals surface area contributed by atoms with Crippen LogP contribution in [0.4, 0.5) is 5.69 Å². The van der Waals surface area contributed by atoms with E-state index in [0.717, 1.165) is 22.4 Å². The minimum absolute atomic E-state index is 0.0930. The van der Waals surface area contributed by atoms with Gasteiger partial charge in [-0.2, -0.15) is 0 Å². The smallest absolute Gasteiger partial charge is 0.269 e. The average molecular weight is 257 g/mol. The van der Waals surface area contributed by atoms with Crippen LogP contribution in [0.2, 0.25) is 0 Å². The first-order valence-electron chi connectivity index (χ1n) is 5.99. The van der Waals surface area contributed by atoms with Crippen LogP contribution in [0.5, 0.6) is 5.75 Å². The number of nitro benzene ring substituents is 1. The first-order valence-corrected chi connectivity index (χ1v) is 5.99. The Labute approximate surface area is 111 Å². The fourth-order valence-electron chi connectivity index (χ4n) is 1.74. The lowest BCUT2D eigenvalue weighted by molar-refractivity contribution is -0.384. The number of aryl methyl sites for hydroxylation is 2. The molecule has 2 aromatic carbocycles. The summed E-state index contributed by atoms with van der Waals surface area (Å²) in [6.07, 6.45) is 0. The van der Waals surface area contributed by atoms with Gasteiger partial charge in [0.05, 0.1) is 4.92 Å². The van der Waals surface area contributed by atoms with Crippen molar-refractivity contribution in [2.75, 3.05) is 0 Å². The van der Waals surface area contributed by atoms with E-state index in [2.05, 4.69) is 0 Å². The highest BCUT2D eigenvalue weighted by molar-refractivity contribution is 5.37. The van der Waals surface area contributed by atoms with Gasteiger partial charge in [0.1, 0.15) is 12.4 Å². The molecule has 0 radical (unpaired) electrons. The fourth-order valence-corrected chi connectivity index (χ4v) is 1.74. The minimum Gasteiger partial charge on any atom is -0.489 e. The van der Waals surface area contributed by atoms with Gasteiger partial charge >= 0.3 is 0 Å². The van der Waals surface area contributed by atoms with Gasteiger partial charge in [-0.3, -0.25) is 10.1 Å². The van der Waals surface area contributed by atoms with E-state index in [-0.39, 0.29) is 5.69 Å². The number of benzene rings is 2. The molecule has 2 rings (SSSR count). The van der Waals surface area contributed by atoms with Gasteiger partial charge in [0, 0.05) is 12.1 Å². The molecule has 0 aliphatic carbocycles. The van der Waals surface area contributed by atoms with Crippen LogP contribution in [-0.4, -0.2) is 4.92 Å². The number of nitro groups is 1. The normalized spacial score (nSPS) is 10.2. The first kappa shape index (κ1) is 13.1. The van der Waals surface area contributed by atoms with Crippen molar-refractivity contribution in [2.45, 2.75) is 20.5 Å². The molecule has 0 saturated heterocycles. The third-order valence-electron chi connectivity index (χ3n) is 2.89. The molecule has 0 saturated carbocycles. The molecule has 0 aliphatic rings. The molecular weight excluding hydrogens is 242 g/mol. The maximum absolute atomic E-state index is 10.5. The van der Waals surface area contributed by atoms with Crippen LogP contribution in [-0.2, 0) is 6.61 Å². The standard InChI is InChI=1S/C15H15NO3/c1-11-3-4-12(2)15(9-11)19-10-13-5-7-14(8-6-13)16(17)18/h3-9H,10H2,1-2H3. The van der Waals surface area contributed by atoms with E-state index in [4.69, 9.17) is 4.74 Å². The molecule has 0 spiro atoms. The fraction of sp³-hybridized carbons (Fsp3) is 0.200. The molecule has 0 heterocycles. The second-order valence-corrected chi connectivity index (χ2v) is 4.48. The highest BCUT2D eigenvalue weighted by Gasteiger charge is 2.05. The van der Waals surface area contributed by atoms with Gasteiger partial charge in [0.2, 0.25) is 0 Å². The highest BCUT2D eigenvalue weighted by atomic mass is 16.6. The summed E-state index contributed by atoms with van der Waals surface area (Å²) >= 11 is 0. The minimum atomic E-state index is -0.407. The molecule has 0 N–H and O–H groups in total. The van der Waals surface area contributed by atoms with Crippen molar-refractivity contribution < 1.29 is 9.66 Å². The zero-order valence-electron chi connectivity index (χ0n) is 10.9. The Morgan fingerprint density at radius 1 is 1.11 bits per heavy atom. The summed E-state index contributed by atoms with van der Waals surface area (Å²) in [6, 6.07) is 12.4. The quantitative estimate of drug-likeness (QED) is 0.618. The summed E-state index contributed by atoms with van der Waals surface area (Å²) in [6.45, 7) is 4.41. The van der Waals surface area contributed by atoms with Gasteiger partial charge in [0.15, 0.2) is 0 Å². The molecular formula is C15H15NO3. The van der Waals surface area contributed by atoms with Crippen molar-refractivity contribution in [1.82, 2.24) is 0 Å². The monoisotopic (exact) mass is 257 g/mol. The SMILES string of the molecule is Cc1ccc(C)c(OCc2ccc([N+](=O)[O-])cc2)c1. The van der Waals surface area contributed by atoms with Crippen molar-refractivity contribution in [1.29, 1.82) is 0 Å². The largest absolute Gasteiger partial charge is 0.489 e. The Bertz CT molecular complexity index is 591. The van der Waals surface area contributed by atoms with Crippen LogP contribution in [0.3, 0.4) is 0 Å². The van der Waals surface area contributed by atoms with E-state index >= 15 is 0 Å². The van der Waals surface area contributed by atoms with Crippen molar-refractivity contribution in [3.8, 4) is 5.75 Å². The van der Waals surface area contributed by atoms with Crippen LogP contribution < -0.4 is 4.74 Å². The van der Waals surface area contributed by atoms with Gasteiger partial charge < -0.3 is 4.74 Å². The molecule has 0 aliphatic heterocycles. The van der Waals surface area contributed by atoms with E-state index in [0.29, 0.717) is 6.61 Å². The number of rotatable bonds is 4. The van der Waals surface area contributed by atoms with Gasteiger partial charge in [-0.15, -0.1) is 0 Å². The molecule has 0 aromatic heterocycles. The van der Waals surface area contributed by atoms with Gasteiger partial charge in [-0.05, 0) is 48.7 Å². The Hall–Kier alpha value is -2.36. The van der Waals surface area contributed by atoms with Crippen LogP contribution in [0.25, 0.3) is 0 Å². The van der Waals surface area contributed by atoms with Gasteiger partial charge in [-0.25, -0.2) is 0 Å². The molecule has 0 atom stereocenters. The molecule has 2 aromatic rings. The summed E-state index contributed by atoms with van der Waals surface area (Å²) < 4.78 is 5.73. The third kappa shape index (κ3) is 3.31. The highest BCUT2D eigenvalue weighted by Crippen LogP contribution is 2.21. The zero-order chi connectivity index (χ0) is 13.8.